The highest BCUT2D eigenvalue weighted by Gasteiger charge is 2.14. The predicted molar refractivity (Wildman–Crippen MR) is 107 cm³/mol. The zero-order valence-corrected chi connectivity index (χ0v) is 16.6. The summed E-state index contributed by atoms with van der Waals surface area (Å²) in [6.45, 7) is 0.837. The van der Waals surface area contributed by atoms with Gasteiger partial charge in [-0.1, -0.05) is 17.7 Å². The third-order valence-electron chi connectivity index (χ3n) is 3.86. The number of amides is 2. The minimum absolute atomic E-state index is 0.0113. The lowest BCUT2D eigenvalue weighted by Gasteiger charge is -2.21. The number of carbonyl (C=O) groups is 2. The van der Waals surface area contributed by atoms with Gasteiger partial charge in [0.2, 0.25) is 11.8 Å². The Morgan fingerprint density at radius 2 is 1.82 bits per heavy atom. The summed E-state index contributed by atoms with van der Waals surface area (Å²) in [6.07, 6.45) is 0. The molecule has 0 radical (unpaired) electrons. The zero-order valence-electron chi connectivity index (χ0n) is 15.8. The molecule has 150 valence electrons. The number of nitrogens with zero attached hydrogens (tertiary/aromatic N) is 2. The first-order chi connectivity index (χ1) is 13.3. The molecule has 8 heteroatoms. The fourth-order valence-corrected chi connectivity index (χ4v) is 2.50. The third-order valence-corrected chi connectivity index (χ3v) is 4.11. The van der Waals surface area contributed by atoms with E-state index in [0.29, 0.717) is 29.6 Å². The van der Waals surface area contributed by atoms with E-state index in [1.54, 1.807) is 49.3 Å². The van der Waals surface area contributed by atoms with Crippen LogP contribution < -0.4 is 10.1 Å². The molecule has 0 aliphatic rings. The Morgan fingerprint density at radius 3 is 2.50 bits per heavy atom. The minimum atomic E-state index is -0.427. The first-order valence-corrected chi connectivity index (χ1v) is 9.07. The summed E-state index contributed by atoms with van der Waals surface area (Å²) in [6, 6.07) is 12.6. The zero-order chi connectivity index (χ0) is 20.5. The lowest BCUT2D eigenvalue weighted by atomic mass is 10.3. The number of halogens is 2. The van der Waals surface area contributed by atoms with Crippen LogP contribution in [0.25, 0.3) is 0 Å². The van der Waals surface area contributed by atoms with Gasteiger partial charge in [0.05, 0.1) is 19.6 Å². The maximum Gasteiger partial charge on any atom is 0.238 e. The molecule has 0 heterocycles. The van der Waals surface area contributed by atoms with E-state index in [0.717, 1.165) is 0 Å². The van der Waals surface area contributed by atoms with Gasteiger partial charge in [0, 0.05) is 17.8 Å². The molecule has 0 aliphatic heterocycles. The molecule has 0 saturated carbocycles. The monoisotopic (exact) mass is 407 g/mol. The highest BCUT2D eigenvalue weighted by Crippen LogP contribution is 2.15. The molecule has 0 bridgehead atoms. The van der Waals surface area contributed by atoms with E-state index in [-0.39, 0.29) is 24.9 Å². The van der Waals surface area contributed by atoms with Crippen LogP contribution in [0, 0.1) is 5.82 Å². The predicted octanol–water partition coefficient (Wildman–Crippen LogP) is 2.89. The van der Waals surface area contributed by atoms with Crippen LogP contribution in [0.2, 0.25) is 5.02 Å². The lowest BCUT2D eigenvalue weighted by molar-refractivity contribution is -0.131. The number of rotatable bonds is 9. The van der Waals surface area contributed by atoms with Crippen LogP contribution in [-0.2, 0) is 9.59 Å². The second-order valence-electron chi connectivity index (χ2n) is 6.35. The number of nitrogens with one attached hydrogen (secondary N) is 1. The average molecular weight is 408 g/mol. The molecule has 2 amide bonds. The van der Waals surface area contributed by atoms with Crippen molar-refractivity contribution in [2.45, 2.75) is 0 Å². The topological polar surface area (TPSA) is 61.9 Å². The molecule has 1 N–H and O–H groups in total. The number of benzene rings is 2. The summed E-state index contributed by atoms with van der Waals surface area (Å²) in [5, 5.41) is 3.23. The van der Waals surface area contributed by atoms with Gasteiger partial charge in [-0.3, -0.25) is 14.5 Å². The van der Waals surface area contributed by atoms with Crippen molar-refractivity contribution in [3.63, 3.8) is 0 Å². The van der Waals surface area contributed by atoms with E-state index in [4.69, 9.17) is 16.3 Å². The van der Waals surface area contributed by atoms with Crippen molar-refractivity contribution >= 4 is 29.1 Å². The van der Waals surface area contributed by atoms with E-state index < -0.39 is 5.82 Å². The summed E-state index contributed by atoms with van der Waals surface area (Å²) in [5.74, 6) is -0.212. The fourth-order valence-electron chi connectivity index (χ4n) is 2.38. The first-order valence-electron chi connectivity index (χ1n) is 8.70. The van der Waals surface area contributed by atoms with Gasteiger partial charge in [0.25, 0.3) is 0 Å². The summed E-state index contributed by atoms with van der Waals surface area (Å²) in [4.78, 5) is 27.4. The Morgan fingerprint density at radius 1 is 1.11 bits per heavy atom. The van der Waals surface area contributed by atoms with Crippen LogP contribution in [0.1, 0.15) is 0 Å². The average Bonchev–Trinajstić information content (AvgIpc) is 2.63. The van der Waals surface area contributed by atoms with E-state index in [9.17, 15) is 14.0 Å². The highest BCUT2D eigenvalue weighted by atomic mass is 35.5. The molecule has 6 nitrogen and oxygen atoms in total. The fraction of sp³-hybridized carbons (Fsp3) is 0.300. The molecule has 0 saturated heterocycles. The highest BCUT2D eigenvalue weighted by molar-refractivity contribution is 6.30. The van der Waals surface area contributed by atoms with Crippen LogP contribution in [-0.4, -0.2) is 62.0 Å². The first kappa shape index (κ1) is 21.7. The van der Waals surface area contributed by atoms with Crippen LogP contribution in [0.3, 0.4) is 0 Å². The second-order valence-corrected chi connectivity index (χ2v) is 6.78. The Balaban J connectivity index is 1.70. The molecular weight excluding hydrogens is 385 g/mol. The van der Waals surface area contributed by atoms with Crippen molar-refractivity contribution in [1.29, 1.82) is 0 Å². The quantitative estimate of drug-likeness (QED) is 0.694. The SMILES string of the molecule is CN(CC(=O)Nc1cccc(F)c1)CC(=O)N(C)CCOc1ccc(Cl)cc1. The number of hydrogen-bond acceptors (Lipinski definition) is 4. The van der Waals surface area contributed by atoms with Crippen molar-refractivity contribution in [3.8, 4) is 5.75 Å². The van der Waals surface area contributed by atoms with Gasteiger partial charge >= 0.3 is 0 Å². The van der Waals surface area contributed by atoms with Crippen molar-refractivity contribution in [3.05, 3.63) is 59.4 Å². The van der Waals surface area contributed by atoms with Crippen LogP contribution in [0.5, 0.6) is 5.75 Å². The number of likely N-dealkylation sites (N-methyl/N-ethyl adjacent to an activating group) is 2. The number of anilines is 1. The molecule has 28 heavy (non-hydrogen) atoms. The van der Waals surface area contributed by atoms with Crippen molar-refractivity contribution in [1.82, 2.24) is 9.80 Å². The maximum atomic E-state index is 13.1. The summed E-state index contributed by atoms with van der Waals surface area (Å²) in [5.41, 5.74) is 0.376. The smallest absolute Gasteiger partial charge is 0.238 e. The van der Waals surface area contributed by atoms with Gasteiger partial charge in [-0.25, -0.2) is 4.39 Å². The molecule has 0 atom stereocenters. The Kier molecular flexibility index (Phi) is 8.22. The van der Waals surface area contributed by atoms with Gasteiger partial charge < -0.3 is 15.0 Å². The molecule has 0 fully saturated rings. The van der Waals surface area contributed by atoms with Gasteiger partial charge in [0.1, 0.15) is 18.2 Å². The Hall–Kier alpha value is -2.64. The third kappa shape index (κ3) is 7.54. The molecule has 0 spiro atoms. The van der Waals surface area contributed by atoms with Gasteiger partial charge in [-0.15, -0.1) is 0 Å². The lowest BCUT2D eigenvalue weighted by Crippen LogP contribution is -2.41. The number of ether oxygens (including phenoxy) is 1. The van der Waals surface area contributed by atoms with E-state index in [1.807, 2.05) is 0 Å². The summed E-state index contributed by atoms with van der Waals surface area (Å²) in [7, 11) is 3.34. The van der Waals surface area contributed by atoms with Crippen LogP contribution >= 0.6 is 11.6 Å². The molecule has 2 rings (SSSR count). The largest absolute Gasteiger partial charge is 0.492 e. The molecule has 2 aromatic rings. The molecule has 0 unspecified atom stereocenters. The number of hydrogen-bond donors (Lipinski definition) is 1. The van der Waals surface area contributed by atoms with E-state index in [1.165, 1.54) is 23.1 Å². The van der Waals surface area contributed by atoms with E-state index in [2.05, 4.69) is 5.32 Å². The van der Waals surface area contributed by atoms with E-state index >= 15 is 0 Å². The Bertz CT molecular complexity index is 802. The normalized spacial score (nSPS) is 10.6. The van der Waals surface area contributed by atoms with Gasteiger partial charge in [0.15, 0.2) is 0 Å². The maximum absolute atomic E-state index is 13.1. The van der Waals surface area contributed by atoms with Crippen molar-refractivity contribution in [2.24, 2.45) is 0 Å². The van der Waals surface area contributed by atoms with Gasteiger partial charge in [-0.2, -0.15) is 0 Å². The van der Waals surface area contributed by atoms with Crippen LogP contribution in [0.15, 0.2) is 48.5 Å². The van der Waals surface area contributed by atoms with Crippen LogP contribution in [0.4, 0.5) is 10.1 Å². The summed E-state index contributed by atoms with van der Waals surface area (Å²) >= 11 is 5.82. The molecule has 0 aromatic heterocycles. The minimum Gasteiger partial charge on any atom is -0.492 e. The molecular formula is C20H23ClFN3O3. The second kappa shape index (κ2) is 10.6. The van der Waals surface area contributed by atoms with Crippen molar-refractivity contribution in [2.75, 3.05) is 45.7 Å². The Labute approximate surface area is 168 Å². The van der Waals surface area contributed by atoms with Gasteiger partial charge in [-0.05, 0) is 49.5 Å². The summed E-state index contributed by atoms with van der Waals surface area (Å²) < 4.78 is 18.7. The standard InChI is InChI=1S/C20H23ClFN3O3/c1-24(13-19(26)23-17-5-3-4-16(22)12-17)14-20(27)25(2)10-11-28-18-8-6-15(21)7-9-18/h3-9,12H,10-11,13-14H2,1-2H3,(H,23,26). The number of carbonyl (C=O) groups excluding carboxylic acids is 2. The molecule has 0 aliphatic carbocycles. The van der Waals surface area contributed by atoms with Crippen molar-refractivity contribution < 1.29 is 18.7 Å². The molecule has 2 aromatic carbocycles.